The van der Waals surface area contributed by atoms with E-state index in [1.54, 1.807) is 11.7 Å². The Balaban J connectivity index is 1.85. The normalized spacial score (nSPS) is 11.4. The monoisotopic (exact) mass is 439 g/mol. The second-order valence-corrected chi connectivity index (χ2v) is 8.37. The van der Waals surface area contributed by atoms with Crippen molar-refractivity contribution in [3.05, 3.63) is 110 Å². The van der Waals surface area contributed by atoms with Crippen LogP contribution in [-0.2, 0) is 20.1 Å². The molecule has 0 aliphatic heterocycles. The molecule has 0 fully saturated rings. The minimum Gasteiger partial charge on any atom is -0.497 e. The van der Waals surface area contributed by atoms with Gasteiger partial charge in [-0.1, -0.05) is 60.2 Å². The van der Waals surface area contributed by atoms with Crippen molar-refractivity contribution < 1.29 is 4.74 Å². The molecule has 0 N–H and O–H groups in total. The number of rotatable bonds is 5. The molecule has 0 amide bonds. The van der Waals surface area contributed by atoms with Crippen molar-refractivity contribution in [1.82, 2.24) is 13.7 Å². The summed E-state index contributed by atoms with van der Waals surface area (Å²) in [5, 5.41) is 0.819. The van der Waals surface area contributed by atoms with Crippen LogP contribution in [0.15, 0.2) is 82.4 Å². The van der Waals surface area contributed by atoms with E-state index in [2.05, 4.69) is 0 Å². The van der Waals surface area contributed by atoms with Gasteiger partial charge < -0.3 is 9.30 Å². The summed E-state index contributed by atoms with van der Waals surface area (Å²) < 4.78 is 10.4. The SMILES string of the molecule is COc1ccc2c(c1)c1c(c(=O)n(Cc3ccccc3)c(=O)n1Cc1ccc(C)cc1)n2C. The molecular formula is C27H25N3O3. The number of aromatic nitrogens is 3. The van der Waals surface area contributed by atoms with Crippen LogP contribution in [0.3, 0.4) is 0 Å². The Morgan fingerprint density at radius 2 is 1.45 bits per heavy atom. The Bertz CT molecular complexity index is 1590. The minimum atomic E-state index is -0.327. The van der Waals surface area contributed by atoms with Gasteiger partial charge >= 0.3 is 5.69 Å². The highest BCUT2D eigenvalue weighted by Gasteiger charge is 2.21. The molecule has 0 spiro atoms. The van der Waals surface area contributed by atoms with Crippen molar-refractivity contribution in [2.45, 2.75) is 20.0 Å². The Hall–Kier alpha value is -4.06. The first-order valence-electron chi connectivity index (χ1n) is 10.9. The van der Waals surface area contributed by atoms with Gasteiger partial charge in [-0.25, -0.2) is 4.79 Å². The van der Waals surface area contributed by atoms with Gasteiger partial charge in [0.15, 0.2) is 0 Å². The fourth-order valence-corrected chi connectivity index (χ4v) is 4.43. The van der Waals surface area contributed by atoms with E-state index >= 15 is 0 Å². The number of hydrogen-bond acceptors (Lipinski definition) is 3. The van der Waals surface area contributed by atoms with Crippen LogP contribution in [0, 0.1) is 6.92 Å². The molecule has 0 bridgehead atoms. The van der Waals surface area contributed by atoms with Crippen LogP contribution >= 0.6 is 0 Å². The van der Waals surface area contributed by atoms with Gasteiger partial charge in [0.1, 0.15) is 11.3 Å². The number of benzene rings is 3. The standard InChI is InChI=1S/C27H25N3O3/c1-18-9-11-20(12-10-18)16-29-24-22-15-21(33-3)13-14-23(22)28(2)25(24)26(31)30(27(29)32)17-19-7-5-4-6-8-19/h4-15H,16-17H2,1-3H3. The van der Waals surface area contributed by atoms with Gasteiger partial charge in [0.25, 0.3) is 5.56 Å². The lowest BCUT2D eigenvalue weighted by molar-refractivity contribution is 0.415. The molecule has 33 heavy (non-hydrogen) atoms. The van der Waals surface area contributed by atoms with Crippen LogP contribution in [0.4, 0.5) is 0 Å². The molecule has 0 aliphatic rings. The molecule has 0 unspecified atom stereocenters. The summed E-state index contributed by atoms with van der Waals surface area (Å²) in [7, 11) is 3.48. The fraction of sp³-hybridized carbons (Fsp3) is 0.185. The third-order valence-electron chi connectivity index (χ3n) is 6.20. The van der Waals surface area contributed by atoms with Gasteiger partial charge in [0.05, 0.1) is 31.2 Å². The number of methoxy groups -OCH3 is 1. The van der Waals surface area contributed by atoms with E-state index in [1.165, 1.54) is 4.57 Å². The lowest BCUT2D eigenvalue weighted by atomic mass is 10.1. The maximum atomic E-state index is 13.8. The van der Waals surface area contributed by atoms with Crippen LogP contribution in [0.2, 0.25) is 0 Å². The van der Waals surface area contributed by atoms with Crippen molar-refractivity contribution >= 4 is 21.9 Å². The number of fused-ring (bicyclic) bond motifs is 3. The largest absolute Gasteiger partial charge is 0.497 e. The molecule has 0 aliphatic carbocycles. The lowest BCUT2D eigenvalue weighted by Gasteiger charge is -2.14. The van der Waals surface area contributed by atoms with Gasteiger partial charge in [-0.05, 0) is 36.2 Å². The first-order valence-corrected chi connectivity index (χ1v) is 10.9. The number of ether oxygens (including phenoxy) is 1. The first kappa shape index (κ1) is 20.8. The van der Waals surface area contributed by atoms with E-state index in [1.807, 2.05) is 91.3 Å². The van der Waals surface area contributed by atoms with Gasteiger partial charge in [0, 0.05) is 12.4 Å². The van der Waals surface area contributed by atoms with Gasteiger partial charge in [-0.2, -0.15) is 0 Å². The highest BCUT2D eigenvalue weighted by atomic mass is 16.5. The summed E-state index contributed by atoms with van der Waals surface area (Å²) in [6.45, 7) is 2.61. The third kappa shape index (κ3) is 3.53. The number of hydrogen-bond donors (Lipinski definition) is 0. The summed E-state index contributed by atoms with van der Waals surface area (Å²) in [4.78, 5) is 27.4. The zero-order valence-corrected chi connectivity index (χ0v) is 18.9. The third-order valence-corrected chi connectivity index (χ3v) is 6.20. The van der Waals surface area contributed by atoms with Crippen LogP contribution < -0.4 is 16.0 Å². The van der Waals surface area contributed by atoms with E-state index in [9.17, 15) is 9.59 Å². The van der Waals surface area contributed by atoms with Crippen molar-refractivity contribution in [2.24, 2.45) is 7.05 Å². The quantitative estimate of drug-likeness (QED) is 0.415. The van der Waals surface area contributed by atoms with Crippen LogP contribution in [0.1, 0.15) is 16.7 Å². The first-order chi connectivity index (χ1) is 16.0. The molecule has 6 heteroatoms. The molecule has 2 aromatic heterocycles. The van der Waals surface area contributed by atoms with E-state index in [0.717, 1.165) is 27.6 Å². The van der Waals surface area contributed by atoms with Gasteiger partial charge in [-0.15, -0.1) is 0 Å². The summed E-state index contributed by atoms with van der Waals surface area (Å²) >= 11 is 0. The summed E-state index contributed by atoms with van der Waals surface area (Å²) in [5.41, 5.74) is 4.43. The highest BCUT2D eigenvalue weighted by molar-refractivity contribution is 6.06. The average molecular weight is 440 g/mol. The van der Waals surface area contributed by atoms with Gasteiger partial charge in [0.2, 0.25) is 0 Å². The molecule has 5 rings (SSSR count). The molecule has 2 heterocycles. The molecule has 166 valence electrons. The molecule has 5 aromatic rings. The van der Waals surface area contributed by atoms with Gasteiger partial charge in [-0.3, -0.25) is 13.9 Å². The van der Waals surface area contributed by atoms with Crippen LogP contribution in [0.5, 0.6) is 5.75 Å². The zero-order valence-electron chi connectivity index (χ0n) is 18.9. The Kier molecular flexibility index (Phi) is 5.13. The second-order valence-electron chi connectivity index (χ2n) is 8.37. The molecule has 0 saturated heterocycles. The molecule has 0 atom stereocenters. The van der Waals surface area contributed by atoms with Crippen molar-refractivity contribution in [2.75, 3.05) is 7.11 Å². The fourth-order valence-electron chi connectivity index (χ4n) is 4.43. The summed E-state index contributed by atoms with van der Waals surface area (Å²) in [6, 6.07) is 23.4. The summed E-state index contributed by atoms with van der Waals surface area (Å²) in [6.07, 6.45) is 0. The predicted octanol–water partition coefficient (Wildman–Crippen LogP) is 4.07. The van der Waals surface area contributed by atoms with Crippen molar-refractivity contribution in [3.8, 4) is 5.75 Å². The highest BCUT2D eigenvalue weighted by Crippen LogP contribution is 2.29. The predicted molar refractivity (Wildman–Crippen MR) is 131 cm³/mol. The molecular weight excluding hydrogens is 414 g/mol. The van der Waals surface area contributed by atoms with E-state index in [0.29, 0.717) is 23.3 Å². The Labute approximate surface area is 190 Å². The van der Waals surface area contributed by atoms with Crippen molar-refractivity contribution in [3.63, 3.8) is 0 Å². The van der Waals surface area contributed by atoms with Crippen molar-refractivity contribution in [1.29, 1.82) is 0 Å². The minimum absolute atomic E-state index is 0.215. The molecule has 6 nitrogen and oxygen atoms in total. The van der Waals surface area contributed by atoms with E-state index in [4.69, 9.17) is 4.74 Å². The molecule has 0 saturated carbocycles. The lowest BCUT2D eigenvalue weighted by Crippen LogP contribution is -2.40. The maximum Gasteiger partial charge on any atom is 0.332 e. The Morgan fingerprint density at radius 3 is 2.15 bits per heavy atom. The smallest absolute Gasteiger partial charge is 0.332 e. The van der Waals surface area contributed by atoms with Crippen LogP contribution in [-0.4, -0.2) is 20.8 Å². The maximum absolute atomic E-state index is 13.8. The summed E-state index contributed by atoms with van der Waals surface area (Å²) in [5.74, 6) is 0.679. The van der Waals surface area contributed by atoms with E-state index < -0.39 is 0 Å². The second kappa shape index (κ2) is 8.13. The molecule has 0 radical (unpaired) electrons. The topological polar surface area (TPSA) is 58.2 Å². The Morgan fingerprint density at radius 1 is 0.788 bits per heavy atom. The van der Waals surface area contributed by atoms with Crippen LogP contribution in [0.25, 0.3) is 21.9 Å². The number of nitrogens with zero attached hydrogens (tertiary/aromatic N) is 3. The molecule has 3 aromatic carbocycles. The van der Waals surface area contributed by atoms with E-state index in [-0.39, 0.29) is 17.8 Å². The zero-order chi connectivity index (χ0) is 23.1. The average Bonchev–Trinajstić information content (AvgIpc) is 3.13. The number of aryl methyl sites for hydroxylation is 2.